The Morgan fingerprint density at radius 1 is 1.69 bits per heavy atom. The Morgan fingerprint density at radius 2 is 2.44 bits per heavy atom. The first-order valence-electron chi connectivity index (χ1n) is 4.77. The van der Waals surface area contributed by atoms with Crippen LogP contribution < -0.4 is 0 Å². The van der Waals surface area contributed by atoms with Crippen LogP contribution in [0.5, 0.6) is 0 Å². The minimum atomic E-state index is -0.383. The third-order valence-electron chi connectivity index (χ3n) is 2.31. The highest BCUT2D eigenvalue weighted by Gasteiger charge is 2.30. The lowest BCUT2D eigenvalue weighted by molar-refractivity contribution is 0.00623. The molecule has 1 aliphatic rings. The zero-order valence-corrected chi connectivity index (χ0v) is 9.22. The highest BCUT2D eigenvalue weighted by atomic mass is 32.1. The fourth-order valence-corrected chi connectivity index (χ4v) is 2.35. The highest BCUT2D eigenvalue weighted by Crippen LogP contribution is 2.21. The lowest BCUT2D eigenvalue weighted by Crippen LogP contribution is -2.53. The average molecular weight is 238 g/mol. The number of hydrogen-bond acceptors (Lipinski definition) is 4. The number of rotatable bonds is 3. The summed E-state index contributed by atoms with van der Waals surface area (Å²) in [4.78, 5) is 17.5. The third kappa shape index (κ3) is 2.16. The van der Waals surface area contributed by atoms with E-state index in [-0.39, 0.29) is 18.6 Å². The summed E-state index contributed by atoms with van der Waals surface area (Å²) in [6, 6.07) is 3.50. The van der Waals surface area contributed by atoms with Gasteiger partial charge in [-0.2, -0.15) is 0 Å². The zero-order valence-electron chi connectivity index (χ0n) is 8.41. The van der Waals surface area contributed by atoms with Crippen molar-refractivity contribution in [2.45, 2.75) is 12.6 Å². The monoisotopic (exact) mass is 238 g/mol. The molecular weight excluding hydrogens is 228 g/mol. The summed E-state index contributed by atoms with van der Waals surface area (Å²) in [5.41, 5.74) is 8.17. The molecule has 2 heterocycles. The summed E-state index contributed by atoms with van der Waals surface area (Å²) in [5.74, 6) is -0.0671. The van der Waals surface area contributed by atoms with Crippen molar-refractivity contribution in [2.75, 3.05) is 13.1 Å². The molecule has 1 aliphatic heterocycles. The van der Waals surface area contributed by atoms with Gasteiger partial charge in [-0.1, -0.05) is 5.11 Å². The molecule has 0 radical (unpaired) electrons. The molecular formula is C9H10N4O2S. The maximum absolute atomic E-state index is 11.8. The number of azide groups is 1. The van der Waals surface area contributed by atoms with Crippen molar-refractivity contribution in [2.24, 2.45) is 5.11 Å². The average Bonchev–Trinajstić information content (AvgIpc) is 2.69. The van der Waals surface area contributed by atoms with E-state index >= 15 is 0 Å². The number of thiophene rings is 1. The molecule has 0 spiro atoms. The van der Waals surface area contributed by atoms with Gasteiger partial charge in [0.25, 0.3) is 5.91 Å². The number of aliphatic hydroxyl groups excluding tert-OH is 1. The van der Waals surface area contributed by atoms with Crippen LogP contribution in [0.1, 0.15) is 14.5 Å². The largest absolute Gasteiger partial charge is 0.389 e. The standard InChI is InChI=1S/C9H10N4O2S/c10-12-11-3-7-1-2-8(16-7)9(15)13-4-6(14)5-13/h1-2,6,14H,3-5H2. The van der Waals surface area contributed by atoms with E-state index in [0.29, 0.717) is 18.0 Å². The van der Waals surface area contributed by atoms with Crippen LogP contribution in [0.2, 0.25) is 0 Å². The van der Waals surface area contributed by atoms with Crippen LogP contribution in [0.25, 0.3) is 10.4 Å². The van der Waals surface area contributed by atoms with Gasteiger partial charge in [-0.05, 0) is 17.7 Å². The summed E-state index contributed by atoms with van der Waals surface area (Å²) in [5, 5.41) is 12.5. The summed E-state index contributed by atoms with van der Waals surface area (Å²) < 4.78 is 0. The number of amides is 1. The first-order chi connectivity index (χ1) is 7.70. The number of likely N-dealkylation sites (tertiary alicyclic amines) is 1. The smallest absolute Gasteiger partial charge is 0.264 e. The molecule has 16 heavy (non-hydrogen) atoms. The van der Waals surface area contributed by atoms with E-state index in [1.165, 1.54) is 11.3 Å². The number of hydrogen-bond donors (Lipinski definition) is 1. The van der Waals surface area contributed by atoms with Gasteiger partial charge in [-0.3, -0.25) is 4.79 Å². The van der Waals surface area contributed by atoms with Gasteiger partial charge in [0, 0.05) is 22.9 Å². The first-order valence-corrected chi connectivity index (χ1v) is 5.59. The minimum Gasteiger partial charge on any atom is -0.389 e. The summed E-state index contributed by atoms with van der Waals surface area (Å²) in [6.45, 7) is 1.09. The Kier molecular flexibility index (Phi) is 3.09. The molecule has 0 saturated carbocycles. The Balaban J connectivity index is 2.01. The Hall–Kier alpha value is -1.56. The number of nitrogens with zero attached hydrogens (tertiary/aromatic N) is 4. The maximum atomic E-state index is 11.8. The summed E-state index contributed by atoms with van der Waals surface area (Å²) in [7, 11) is 0. The SMILES string of the molecule is [N-]=[N+]=NCc1ccc(C(=O)N2CC(O)C2)s1. The van der Waals surface area contributed by atoms with Crippen LogP contribution in [-0.2, 0) is 6.54 Å². The zero-order chi connectivity index (χ0) is 11.5. The van der Waals surface area contributed by atoms with Gasteiger partial charge in [0.1, 0.15) is 0 Å². The minimum absolute atomic E-state index is 0.0671. The van der Waals surface area contributed by atoms with Crippen molar-refractivity contribution in [3.8, 4) is 0 Å². The summed E-state index contributed by atoms with van der Waals surface area (Å²) >= 11 is 1.32. The van der Waals surface area contributed by atoms with Gasteiger partial charge >= 0.3 is 0 Å². The second kappa shape index (κ2) is 4.52. The number of carbonyl (C=O) groups is 1. The van der Waals surface area contributed by atoms with Crippen LogP contribution in [0.4, 0.5) is 0 Å². The van der Waals surface area contributed by atoms with Crippen molar-refractivity contribution < 1.29 is 9.90 Å². The molecule has 1 amide bonds. The predicted octanol–water partition coefficient (Wildman–Crippen LogP) is 1.38. The van der Waals surface area contributed by atoms with Gasteiger partial charge in [0.05, 0.1) is 17.5 Å². The predicted molar refractivity (Wildman–Crippen MR) is 59.1 cm³/mol. The maximum Gasteiger partial charge on any atom is 0.264 e. The van der Waals surface area contributed by atoms with E-state index in [2.05, 4.69) is 10.0 Å². The number of carbonyl (C=O) groups excluding carboxylic acids is 1. The van der Waals surface area contributed by atoms with Gasteiger partial charge < -0.3 is 10.0 Å². The molecule has 1 aromatic rings. The van der Waals surface area contributed by atoms with E-state index in [0.717, 1.165) is 4.88 Å². The second-order valence-corrected chi connectivity index (χ2v) is 4.69. The topological polar surface area (TPSA) is 89.3 Å². The molecule has 84 valence electrons. The van der Waals surface area contributed by atoms with E-state index in [1.807, 2.05) is 0 Å². The molecule has 1 saturated heterocycles. The Labute approximate surface area is 95.7 Å². The summed E-state index contributed by atoms with van der Waals surface area (Å²) in [6.07, 6.45) is -0.383. The van der Waals surface area contributed by atoms with Crippen molar-refractivity contribution in [1.82, 2.24) is 4.90 Å². The lowest BCUT2D eigenvalue weighted by Gasteiger charge is -2.35. The Bertz CT molecular complexity index is 446. The van der Waals surface area contributed by atoms with Crippen molar-refractivity contribution in [3.63, 3.8) is 0 Å². The number of aliphatic hydroxyl groups is 1. The van der Waals surface area contributed by atoms with Gasteiger partial charge in [-0.25, -0.2) is 0 Å². The van der Waals surface area contributed by atoms with Crippen LogP contribution in [0, 0.1) is 0 Å². The van der Waals surface area contributed by atoms with Crippen LogP contribution >= 0.6 is 11.3 Å². The van der Waals surface area contributed by atoms with Gasteiger partial charge in [0.15, 0.2) is 0 Å². The molecule has 6 nitrogen and oxygen atoms in total. The molecule has 1 N–H and O–H groups in total. The molecule has 1 fully saturated rings. The molecule has 0 unspecified atom stereocenters. The van der Waals surface area contributed by atoms with Gasteiger partial charge in [0.2, 0.25) is 0 Å². The van der Waals surface area contributed by atoms with Crippen molar-refractivity contribution in [1.29, 1.82) is 0 Å². The Morgan fingerprint density at radius 3 is 3.06 bits per heavy atom. The van der Waals surface area contributed by atoms with Crippen LogP contribution in [0.15, 0.2) is 17.2 Å². The molecule has 2 rings (SSSR count). The van der Waals surface area contributed by atoms with Crippen LogP contribution in [0.3, 0.4) is 0 Å². The molecule has 1 aromatic heterocycles. The lowest BCUT2D eigenvalue weighted by atomic mass is 10.1. The molecule has 0 aliphatic carbocycles. The van der Waals surface area contributed by atoms with E-state index in [9.17, 15) is 4.79 Å². The van der Waals surface area contributed by atoms with Gasteiger partial charge in [-0.15, -0.1) is 11.3 Å². The quantitative estimate of drug-likeness (QED) is 0.489. The molecule has 0 aromatic carbocycles. The molecule has 0 atom stereocenters. The highest BCUT2D eigenvalue weighted by molar-refractivity contribution is 7.14. The normalized spacial score (nSPS) is 15.4. The van der Waals surface area contributed by atoms with E-state index in [1.54, 1.807) is 17.0 Å². The van der Waals surface area contributed by atoms with Crippen LogP contribution in [-0.4, -0.2) is 35.1 Å². The second-order valence-electron chi connectivity index (χ2n) is 3.52. The number of β-amino-alcohol motifs (C(OH)–C–C–N with tert-alkyl or cyclic N) is 1. The van der Waals surface area contributed by atoms with E-state index in [4.69, 9.17) is 10.6 Å². The van der Waals surface area contributed by atoms with Crippen molar-refractivity contribution in [3.05, 3.63) is 32.3 Å². The van der Waals surface area contributed by atoms with E-state index < -0.39 is 0 Å². The first kappa shape index (κ1) is 10.9. The van der Waals surface area contributed by atoms with Crippen molar-refractivity contribution >= 4 is 17.2 Å². The molecule has 0 bridgehead atoms. The fourth-order valence-electron chi connectivity index (χ4n) is 1.46. The third-order valence-corrected chi connectivity index (χ3v) is 3.37. The molecule has 7 heteroatoms. The fraction of sp³-hybridized carbons (Fsp3) is 0.444.